The van der Waals surface area contributed by atoms with E-state index in [1.807, 2.05) is 39.0 Å². The molecule has 0 saturated heterocycles. The Hall–Kier alpha value is -1.48. The Kier molecular flexibility index (Phi) is 3.38. The third-order valence-corrected chi connectivity index (χ3v) is 3.26. The van der Waals surface area contributed by atoms with Crippen LogP contribution in [0.2, 0.25) is 5.02 Å². The van der Waals surface area contributed by atoms with Crippen molar-refractivity contribution in [3.05, 3.63) is 45.7 Å². The molecule has 0 fully saturated rings. The number of nitrogens with one attached hydrogen (secondary N) is 2. The van der Waals surface area contributed by atoms with Crippen LogP contribution >= 0.6 is 11.6 Å². The van der Waals surface area contributed by atoms with E-state index < -0.39 is 0 Å². The van der Waals surface area contributed by atoms with Gasteiger partial charge in [-0.15, -0.1) is 0 Å². The highest BCUT2D eigenvalue weighted by molar-refractivity contribution is 6.33. The molecule has 4 heteroatoms. The predicted octanol–water partition coefficient (Wildman–Crippen LogP) is 3.60. The lowest BCUT2D eigenvalue weighted by molar-refractivity contribution is 1.02. The van der Waals surface area contributed by atoms with Gasteiger partial charge >= 0.3 is 0 Å². The minimum Gasteiger partial charge on any atom is -0.379 e. The number of para-hydroxylation sites is 1. The van der Waals surface area contributed by atoms with Gasteiger partial charge in [0.25, 0.3) is 0 Å². The number of rotatable bonds is 3. The SMILES string of the molecule is Cc1cccc(Cl)c1NCc1c(C)n[nH]c1C. The molecule has 0 amide bonds. The summed E-state index contributed by atoms with van der Waals surface area (Å²) < 4.78 is 0. The number of aromatic amines is 1. The number of aryl methyl sites for hydroxylation is 3. The van der Waals surface area contributed by atoms with Crippen molar-refractivity contribution >= 4 is 17.3 Å². The first-order valence-electron chi connectivity index (χ1n) is 5.59. The van der Waals surface area contributed by atoms with Gasteiger partial charge < -0.3 is 5.32 Å². The summed E-state index contributed by atoms with van der Waals surface area (Å²) >= 11 is 6.16. The molecule has 17 heavy (non-hydrogen) atoms. The maximum absolute atomic E-state index is 6.16. The molecule has 1 heterocycles. The van der Waals surface area contributed by atoms with Crippen LogP contribution in [0.25, 0.3) is 0 Å². The van der Waals surface area contributed by atoms with Crippen LogP contribution in [0, 0.1) is 20.8 Å². The first-order valence-corrected chi connectivity index (χ1v) is 5.97. The second-order valence-corrected chi connectivity index (χ2v) is 4.61. The van der Waals surface area contributed by atoms with Crippen LogP contribution in [0.4, 0.5) is 5.69 Å². The monoisotopic (exact) mass is 249 g/mol. The van der Waals surface area contributed by atoms with Gasteiger partial charge in [-0.1, -0.05) is 23.7 Å². The highest BCUT2D eigenvalue weighted by Crippen LogP contribution is 2.26. The lowest BCUT2D eigenvalue weighted by Gasteiger charge is -2.11. The van der Waals surface area contributed by atoms with Crippen LogP contribution < -0.4 is 5.32 Å². The molecule has 0 aliphatic heterocycles. The van der Waals surface area contributed by atoms with Crippen molar-refractivity contribution < 1.29 is 0 Å². The van der Waals surface area contributed by atoms with Gasteiger partial charge in [-0.25, -0.2) is 0 Å². The fraction of sp³-hybridized carbons (Fsp3) is 0.308. The third-order valence-electron chi connectivity index (χ3n) is 2.94. The zero-order valence-corrected chi connectivity index (χ0v) is 11.0. The van der Waals surface area contributed by atoms with Gasteiger partial charge in [0.15, 0.2) is 0 Å². The molecule has 1 aromatic heterocycles. The Labute approximate surface area is 106 Å². The minimum absolute atomic E-state index is 0.735. The molecule has 1 aromatic carbocycles. The zero-order chi connectivity index (χ0) is 12.4. The van der Waals surface area contributed by atoms with Crippen LogP contribution in [0.15, 0.2) is 18.2 Å². The van der Waals surface area contributed by atoms with Crippen LogP contribution in [-0.2, 0) is 6.54 Å². The Balaban J connectivity index is 2.18. The molecule has 0 spiro atoms. The Morgan fingerprint density at radius 3 is 2.65 bits per heavy atom. The molecule has 0 aliphatic carbocycles. The summed E-state index contributed by atoms with van der Waals surface area (Å²) in [5.41, 5.74) is 5.47. The fourth-order valence-electron chi connectivity index (χ4n) is 1.87. The number of aromatic nitrogens is 2. The van der Waals surface area contributed by atoms with Crippen LogP contribution in [-0.4, -0.2) is 10.2 Å². The van der Waals surface area contributed by atoms with Crippen molar-refractivity contribution in [2.45, 2.75) is 27.3 Å². The maximum Gasteiger partial charge on any atom is 0.0643 e. The standard InChI is InChI=1S/C13H16ClN3/c1-8-5-4-6-12(14)13(8)15-7-11-9(2)16-17-10(11)3/h4-6,15H,7H2,1-3H3,(H,16,17). The topological polar surface area (TPSA) is 40.7 Å². The van der Waals surface area contributed by atoms with Gasteiger partial charge in [-0.3, -0.25) is 5.10 Å². The van der Waals surface area contributed by atoms with Gasteiger partial charge in [-0.2, -0.15) is 5.10 Å². The number of anilines is 1. The molecule has 0 saturated carbocycles. The Morgan fingerprint density at radius 2 is 2.06 bits per heavy atom. The van der Waals surface area contributed by atoms with Crippen LogP contribution in [0.5, 0.6) is 0 Å². The zero-order valence-electron chi connectivity index (χ0n) is 10.3. The van der Waals surface area contributed by atoms with E-state index in [2.05, 4.69) is 15.5 Å². The van der Waals surface area contributed by atoms with Crippen LogP contribution in [0.3, 0.4) is 0 Å². The Bertz CT molecular complexity index is 492. The summed E-state index contributed by atoms with van der Waals surface area (Å²) in [7, 11) is 0. The van der Waals surface area contributed by atoms with Crippen molar-refractivity contribution in [3.8, 4) is 0 Å². The van der Waals surface area contributed by atoms with E-state index >= 15 is 0 Å². The normalized spacial score (nSPS) is 10.6. The molecule has 2 aromatic rings. The molecule has 0 atom stereocenters. The molecule has 0 aliphatic rings. The summed E-state index contributed by atoms with van der Waals surface area (Å²) in [5, 5.41) is 11.3. The molecule has 2 N–H and O–H groups in total. The van der Waals surface area contributed by atoms with Crippen molar-refractivity contribution in [2.75, 3.05) is 5.32 Å². The van der Waals surface area contributed by atoms with Gasteiger partial charge in [0.1, 0.15) is 0 Å². The molecule has 3 nitrogen and oxygen atoms in total. The third kappa shape index (κ3) is 2.44. The van der Waals surface area contributed by atoms with E-state index in [0.717, 1.165) is 34.2 Å². The number of hydrogen-bond acceptors (Lipinski definition) is 2. The largest absolute Gasteiger partial charge is 0.379 e. The van der Waals surface area contributed by atoms with Crippen molar-refractivity contribution in [2.24, 2.45) is 0 Å². The van der Waals surface area contributed by atoms with E-state index in [9.17, 15) is 0 Å². The van der Waals surface area contributed by atoms with Gasteiger partial charge in [-0.05, 0) is 32.4 Å². The fourth-order valence-corrected chi connectivity index (χ4v) is 2.16. The smallest absolute Gasteiger partial charge is 0.0643 e. The molecular weight excluding hydrogens is 234 g/mol. The number of benzene rings is 1. The van der Waals surface area contributed by atoms with Crippen molar-refractivity contribution in [3.63, 3.8) is 0 Å². The average Bonchev–Trinajstić information content (AvgIpc) is 2.59. The average molecular weight is 250 g/mol. The van der Waals surface area contributed by atoms with Crippen molar-refractivity contribution in [1.29, 1.82) is 0 Å². The van der Waals surface area contributed by atoms with E-state index in [1.165, 1.54) is 5.56 Å². The first kappa shape index (κ1) is 12.0. The van der Waals surface area contributed by atoms with E-state index in [1.54, 1.807) is 0 Å². The maximum atomic E-state index is 6.16. The quantitative estimate of drug-likeness (QED) is 0.873. The Morgan fingerprint density at radius 1 is 1.29 bits per heavy atom. The molecule has 90 valence electrons. The summed E-state index contributed by atoms with van der Waals surface area (Å²) in [6.45, 7) is 6.80. The molecule has 2 rings (SSSR count). The van der Waals surface area contributed by atoms with Crippen molar-refractivity contribution in [1.82, 2.24) is 10.2 Å². The minimum atomic E-state index is 0.735. The van der Waals surface area contributed by atoms with E-state index in [-0.39, 0.29) is 0 Å². The summed E-state index contributed by atoms with van der Waals surface area (Å²) in [6, 6.07) is 5.90. The van der Waals surface area contributed by atoms with Gasteiger partial charge in [0, 0.05) is 17.8 Å². The highest BCUT2D eigenvalue weighted by Gasteiger charge is 2.08. The summed E-state index contributed by atoms with van der Waals surface area (Å²) in [4.78, 5) is 0. The highest BCUT2D eigenvalue weighted by atomic mass is 35.5. The number of H-pyrrole nitrogens is 1. The second-order valence-electron chi connectivity index (χ2n) is 4.20. The molecule has 0 radical (unpaired) electrons. The summed E-state index contributed by atoms with van der Waals surface area (Å²) in [6.07, 6.45) is 0. The molecular formula is C13H16ClN3. The van der Waals surface area contributed by atoms with E-state index in [0.29, 0.717) is 0 Å². The van der Waals surface area contributed by atoms with Crippen LogP contribution in [0.1, 0.15) is 22.5 Å². The molecule has 0 bridgehead atoms. The van der Waals surface area contributed by atoms with Gasteiger partial charge in [0.05, 0.1) is 16.4 Å². The lowest BCUT2D eigenvalue weighted by Crippen LogP contribution is -2.03. The van der Waals surface area contributed by atoms with E-state index in [4.69, 9.17) is 11.6 Å². The van der Waals surface area contributed by atoms with Gasteiger partial charge in [0.2, 0.25) is 0 Å². The predicted molar refractivity (Wildman–Crippen MR) is 71.6 cm³/mol. The lowest BCUT2D eigenvalue weighted by atomic mass is 10.1. The first-order chi connectivity index (χ1) is 8.09. The number of halogens is 1. The number of nitrogens with zero attached hydrogens (tertiary/aromatic N) is 1. The number of hydrogen-bond donors (Lipinski definition) is 2. The summed E-state index contributed by atoms with van der Waals surface area (Å²) in [5.74, 6) is 0. The molecule has 0 unspecified atom stereocenters. The second kappa shape index (κ2) is 4.80.